The molecule has 0 aliphatic carbocycles. The lowest BCUT2D eigenvalue weighted by Gasteiger charge is -2.01. The summed E-state index contributed by atoms with van der Waals surface area (Å²) in [6.07, 6.45) is 3.72. The van der Waals surface area contributed by atoms with E-state index in [9.17, 15) is 8.42 Å². The molecule has 14 heavy (non-hydrogen) atoms. The van der Waals surface area contributed by atoms with Gasteiger partial charge in [-0.25, -0.2) is 23.4 Å². The molecular formula is C6H7N5O2S. The summed E-state index contributed by atoms with van der Waals surface area (Å²) in [5, 5.41) is 0. The molecule has 0 atom stereocenters. The molecule has 2 aromatic heterocycles. The molecule has 0 aromatic carbocycles. The third kappa shape index (κ3) is 1.64. The number of rotatable bonds is 2. The second-order valence-electron chi connectivity index (χ2n) is 2.70. The van der Waals surface area contributed by atoms with Gasteiger partial charge >= 0.3 is 0 Å². The summed E-state index contributed by atoms with van der Waals surface area (Å²) in [6.45, 7) is 0. The van der Waals surface area contributed by atoms with Crippen LogP contribution in [-0.2, 0) is 10.0 Å². The summed E-state index contributed by atoms with van der Waals surface area (Å²) >= 11 is 0. The summed E-state index contributed by atoms with van der Waals surface area (Å²) < 4.78 is 24.2. The molecule has 0 spiro atoms. The van der Waals surface area contributed by atoms with Crippen LogP contribution >= 0.6 is 0 Å². The number of aromatic nitrogens is 4. The number of hydrogen-bond acceptors (Lipinski definition) is 5. The number of aromatic amines is 1. The first kappa shape index (κ1) is 8.88. The fourth-order valence-corrected chi connectivity index (χ4v) is 1.52. The fraction of sp³-hybridized carbons (Fsp3) is 0.167. The number of anilines is 1. The number of nitrogens with zero attached hydrogens (tertiary/aromatic N) is 3. The van der Waals surface area contributed by atoms with Gasteiger partial charge in [0.2, 0.25) is 10.0 Å². The van der Waals surface area contributed by atoms with Gasteiger partial charge in [-0.05, 0) is 0 Å². The third-order valence-electron chi connectivity index (χ3n) is 1.51. The number of hydrogen-bond donors (Lipinski definition) is 2. The van der Waals surface area contributed by atoms with Crippen LogP contribution in [0.1, 0.15) is 0 Å². The maximum atomic E-state index is 11.0. The van der Waals surface area contributed by atoms with Gasteiger partial charge in [-0.2, -0.15) is 0 Å². The van der Waals surface area contributed by atoms with Crippen molar-refractivity contribution < 1.29 is 8.42 Å². The number of nitrogens with one attached hydrogen (secondary N) is 2. The maximum absolute atomic E-state index is 11.0. The highest BCUT2D eigenvalue weighted by Crippen LogP contribution is 2.14. The predicted molar refractivity (Wildman–Crippen MR) is 50.2 cm³/mol. The smallest absolute Gasteiger partial charge is 0.231 e. The molecule has 2 aromatic rings. The number of H-pyrrole nitrogens is 1. The summed E-state index contributed by atoms with van der Waals surface area (Å²) in [6, 6.07) is 0. The maximum Gasteiger partial charge on any atom is 0.231 e. The first-order valence-corrected chi connectivity index (χ1v) is 5.57. The molecule has 0 fully saturated rings. The molecule has 8 heteroatoms. The van der Waals surface area contributed by atoms with E-state index in [1.165, 1.54) is 12.7 Å². The Morgan fingerprint density at radius 1 is 1.36 bits per heavy atom. The lowest BCUT2D eigenvalue weighted by molar-refractivity contribution is 0.606. The van der Waals surface area contributed by atoms with Crippen molar-refractivity contribution >= 4 is 27.0 Å². The molecule has 0 radical (unpaired) electrons. The van der Waals surface area contributed by atoms with Gasteiger partial charge in [0.1, 0.15) is 11.8 Å². The second kappa shape index (κ2) is 2.91. The van der Waals surface area contributed by atoms with Gasteiger partial charge in [-0.1, -0.05) is 0 Å². The van der Waals surface area contributed by atoms with Crippen molar-refractivity contribution in [1.29, 1.82) is 0 Å². The van der Waals surface area contributed by atoms with Crippen LogP contribution in [0.25, 0.3) is 11.2 Å². The van der Waals surface area contributed by atoms with Crippen LogP contribution < -0.4 is 4.72 Å². The first-order valence-electron chi connectivity index (χ1n) is 3.68. The van der Waals surface area contributed by atoms with Crippen molar-refractivity contribution in [3.8, 4) is 0 Å². The minimum Gasteiger partial charge on any atom is -0.340 e. The molecule has 74 valence electrons. The molecule has 2 rings (SSSR count). The zero-order valence-corrected chi connectivity index (χ0v) is 8.04. The molecule has 7 nitrogen and oxygen atoms in total. The molecule has 0 saturated carbocycles. The highest BCUT2D eigenvalue weighted by molar-refractivity contribution is 7.92. The van der Waals surface area contributed by atoms with Crippen LogP contribution in [0.2, 0.25) is 0 Å². The van der Waals surface area contributed by atoms with Crippen molar-refractivity contribution in [2.75, 3.05) is 11.0 Å². The molecule has 2 N–H and O–H groups in total. The molecule has 0 saturated heterocycles. The lowest BCUT2D eigenvalue weighted by Crippen LogP contribution is -2.11. The molecular weight excluding hydrogens is 206 g/mol. The Balaban J connectivity index is 2.57. The minimum absolute atomic E-state index is 0.204. The van der Waals surface area contributed by atoms with Gasteiger partial charge in [0, 0.05) is 0 Å². The number of fused-ring (bicyclic) bond motifs is 1. The zero-order valence-electron chi connectivity index (χ0n) is 7.22. The summed E-state index contributed by atoms with van der Waals surface area (Å²) in [7, 11) is -3.33. The van der Waals surface area contributed by atoms with Gasteiger partial charge in [0.05, 0.1) is 12.6 Å². The van der Waals surface area contributed by atoms with Gasteiger partial charge in [0.15, 0.2) is 11.5 Å². The minimum atomic E-state index is -3.33. The standard InChI is InChI=1S/C6H7N5O2S/c1-14(12,13)11-6-4-5(8-2-7-4)9-3-10-6/h2-3H,1H3,(H2,7,8,9,10,11). The monoisotopic (exact) mass is 213 g/mol. The first-order chi connectivity index (χ1) is 6.56. The van der Waals surface area contributed by atoms with Gasteiger partial charge in [-0.3, -0.25) is 4.72 Å². The quantitative estimate of drug-likeness (QED) is 0.714. The highest BCUT2D eigenvalue weighted by atomic mass is 32.2. The van der Waals surface area contributed by atoms with Crippen LogP contribution in [-0.4, -0.2) is 34.6 Å². The molecule has 2 heterocycles. The van der Waals surface area contributed by atoms with Gasteiger partial charge in [-0.15, -0.1) is 0 Å². The van der Waals surface area contributed by atoms with Crippen LogP contribution in [0.4, 0.5) is 5.82 Å². The third-order valence-corrected chi connectivity index (χ3v) is 2.07. The summed E-state index contributed by atoms with van der Waals surface area (Å²) in [5.41, 5.74) is 0.893. The Kier molecular flexibility index (Phi) is 1.84. The topological polar surface area (TPSA) is 101 Å². The normalized spacial score (nSPS) is 11.8. The lowest BCUT2D eigenvalue weighted by atomic mass is 10.5. The number of sulfonamides is 1. The molecule has 0 unspecified atom stereocenters. The van der Waals surface area contributed by atoms with E-state index in [4.69, 9.17) is 0 Å². The number of imidazole rings is 1. The Morgan fingerprint density at radius 3 is 2.86 bits per heavy atom. The van der Waals surface area contributed by atoms with Gasteiger partial charge < -0.3 is 4.98 Å². The van der Waals surface area contributed by atoms with Crippen LogP contribution in [0.15, 0.2) is 12.7 Å². The van der Waals surface area contributed by atoms with Gasteiger partial charge in [0.25, 0.3) is 0 Å². The molecule has 0 aliphatic heterocycles. The summed E-state index contributed by atoms with van der Waals surface area (Å²) in [5.74, 6) is 0.204. The van der Waals surface area contributed by atoms with E-state index in [2.05, 4.69) is 24.7 Å². The van der Waals surface area contributed by atoms with E-state index >= 15 is 0 Å². The van der Waals surface area contributed by atoms with Crippen molar-refractivity contribution in [2.45, 2.75) is 0 Å². The van der Waals surface area contributed by atoms with Crippen molar-refractivity contribution in [3.63, 3.8) is 0 Å². The molecule has 0 amide bonds. The van der Waals surface area contributed by atoms with E-state index in [1.807, 2.05) is 0 Å². The Labute approximate surface area is 79.7 Å². The summed E-state index contributed by atoms with van der Waals surface area (Å²) in [4.78, 5) is 14.3. The fourth-order valence-electron chi connectivity index (χ4n) is 1.02. The van der Waals surface area contributed by atoms with Crippen molar-refractivity contribution in [3.05, 3.63) is 12.7 Å². The van der Waals surface area contributed by atoms with E-state index in [-0.39, 0.29) is 5.82 Å². The van der Waals surface area contributed by atoms with Crippen LogP contribution in [0.3, 0.4) is 0 Å². The Bertz CT molecular complexity index is 560. The average Bonchev–Trinajstić information content (AvgIpc) is 2.49. The largest absolute Gasteiger partial charge is 0.340 e. The Hall–Kier alpha value is -1.70. The van der Waals surface area contributed by atoms with Crippen LogP contribution in [0, 0.1) is 0 Å². The SMILES string of the molecule is CS(=O)(=O)Nc1ncnc2nc[nH]c12. The van der Waals surface area contributed by atoms with E-state index < -0.39 is 10.0 Å². The van der Waals surface area contributed by atoms with Crippen molar-refractivity contribution in [1.82, 2.24) is 19.9 Å². The predicted octanol–water partition coefficient (Wildman–Crippen LogP) is -0.276. The average molecular weight is 213 g/mol. The Morgan fingerprint density at radius 2 is 2.14 bits per heavy atom. The van der Waals surface area contributed by atoms with Crippen LogP contribution in [0.5, 0.6) is 0 Å². The van der Waals surface area contributed by atoms with E-state index in [1.54, 1.807) is 0 Å². The molecule has 0 aliphatic rings. The second-order valence-corrected chi connectivity index (χ2v) is 4.45. The van der Waals surface area contributed by atoms with Crippen molar-refractivity contribution in [2.24, 2.45) is 0 Å². The molecule has 0 bridgehead atoms. The van der Waals surface area contributed by atoms with E-state index in [0.29, 0.717) is 11.2 Å². The highest BCUT2D eigenvalue weighted by Gasteiger charge is 2.09. The zero-order chi connectivity index (χ0) is 10.2. The van der Waals surface area contributed by atoms with E-state index in [0.717, 1.165) is 6.26 Å².